The normalized spacial score (nSPS) is 27.0. The van der Waals surface area contributed by atoms with E-state index in [1.165, 1.54) is 13.0 Å². The molecule has 1 aliphatic carbocycles. The third-order valence-corrected chi connectivity index (χ3v) is 3.91. The fourth-order valence-electron chi connectivity index (χ4n) is 2.72. The van der Waals surface area contributed by atoms with Gasteiger partial charge in [-0.05, 0) is 52.2 Å². The van der Waals surface area contributed by atoms with Crippen LogP contribution < -0.4 is 0 Å². The molecule has 1 rings (SSSR count). The van der Waals surface area contributed by atoms with Crippen LogP contribution in [0.2, 0.25) is 0 Å². The summed E-state index contributed by atoms with van der Waals surface area (Å²) < 4.78 is 0. The molecule has 0 aromatic carbocycles. The maximum Gasteiger partial charge on any atom is 0.313 e. The first-order valence-electron chi connectivity index (χ1n) is 7.32. The lowest BCUT2D eigenvalue weighted by Gasteiger charge is -2.35. The van der Waals surface area contributed by atoms with Gasteiger partial charge in [-0.25, -0.2) is 0 Å². The van der Waals surface area contributed by atoms with E-state index in [4.69, 9.17) is 0 Å². The first-order valence-corrected chi connectivity index (χ1v) is 7.32. The molecule has 120 valence electrons. The SMILES string of the molecule is CC(=O)/C=C/C=C(C)/C=C/C1=C(C)CC(O)C[C@]1(C)C(=O)O. The molecule has 0 saturated heterocycles. The molecule has 0 fully saturated rings. The van der Waals surface area contributed by atoms with E-state index in [0.29, 0.717) is 6.42 Å². The lowest BCUT2D eigenvalue weighted by atomic mass is 9.70. The van der Waals surface area contributed by atoms with Crippen LogP contribution in [-0.4, -0.2) is 28.1 Å². The van der Waals surface area contributed by atoms with Gasteiger partial charge in [0.05, 0.1) is 11.5 Å². The summed E-state index contributed by atoms with van der Waals surface area (Å²) >= 11 is 0. The topological polar surface area (TPSA) is 74.6 Å². The molecule has 0 aromatic rings. The van der Waals surface area contributed by atoms with Gasteiger partial charge in [-0.3, -0.25) is 9.59 Å². The van der Waals surface area contributed by atoms with E-state index in [2.05, 4.69) is 0 Å². The third kappa shape index (κ3) is 4.53. The molecule has 0 spiro atoms. The van der Waals surface area contributed by atoms with E-state index in [-0.39, 0.29) is 12.2 Å². The zero-order valence-electron chi connectivity index (χ0n) is 13.6. The number of allylic oxidation sites excluding steroid dienone is 6. The summed E-state index contributed by atoms with van der Waals surface area (Å²) in [6.45, 7) is 6.87. The van der Waals surface area contributed by atoms with Gasteiger partial charge in [0.1, 0.15) is 0 Å². The number of ketones is 1. The maximum absolute atomic E-state index is 11.6. The number of aliphatic hydroxyl groups excluding tert-OH is 1. The van der Waals surface area contributed by atoms with Gasteiger partial charge in [-0.15, -0.1) is 0 Å². The Hall–Kier alpha value is -1.94. The summed E-state index contributed by atoms with van der Waals surface area (Å²) in [5.41, 5.74) is 1.48. The zero-order valence-corrected chi connectivity index (χ0v) is 13.6. The van der Waals surface area contributed by atoms with Gasteiger partial charge in [-0.1, -0.05) is 35.5 Å². The largest absolute Gasteiger partial charge is 0.481 e. The fourth-order valence-corrected chi connectivity index (χ4v) is 2.72. The second-order valence-electron chi connectivity index (χ2n) is 6.11. The van der Waals surface area contributed by atoms with Crippen LogP contribution in [0.1, 0.15) is 40.5 Å². The van der Waals surface area contributed by atoms with Crippen molar-refractivity contribution >= 4 is 11.8 Å². The van der Waals surface area contributed by atoms with Crippen molar-refractivity contribution < 1.29 is 19.8 Å². The van der Waals surface area contributed by atoms with Gasteiger partial charge in [0.25, 0.3) is 0 Å². The Kier molecular flexibility index (Phi) is 6.06. The average molecular weight is 304 g/mol. The summed E-state index contributed by atoms with van der Waals surface area (Å²) in [6, 6.07) is 0. The van der Waals surface area contributed by atoms with Gasteiger partial charge in [0.15, 0.2) is 5.78 Å². The molecule has 0 heterocycles. The monoisotopic (exact) mass is 304 g/mol. The first-order chi connectivity index (χ1) is 10.2. The average Bonchev–Trinajstić information content (AvgIpc) is 2.36. The van der Waals surface area contributed by atoms with E-state index >= 15 is 0 Å². The Morgan fingerprint density at radius 1 is 1.27 bits per heavy atom. The highest BCUT2D eigenvalue weighted by molar-refractivity contribution is 5.87. The minimum atomic E-state index is -1.08. The number of aliphatic carboxylic acids is 1. The minimum absolute atomic E-state index is 0.0219. The third-order valence-electron chi connectivity index (χ3n) is 3.91. The van der Waals surface area contributed by atoms with E-state index in [1.54, 1.807) is 19.1 Å². The van der Waals surface area contributed by atoms with Crippen LogP contribution in [0.5, 0.6) is 0 Å². The molecule has 2 atom stereocenters. The van der Waals surface area contributed by atoms with Crippen molar-refractivity contribution in [3.8, 4) is 0 Å². The molecular weight excluding hydrogens is 280 g/mol. The molecule has 1 aliphatic rings. The Morgan fingerprint density at radius 3 is 2.45 bits per heavy atom. The van der Waals surface area contributed by atoms with E-state index in [9.17, 15) is 19.8 Å². The number of hydrogen-bond donors (Lipinski definition) is 2. The van der Waals surface area contributed by atoms with Crippen LogP contribution >= 0.6 is 0 Å². The quantitative estimate of drug-likeness (QED) is 0.604. The smallest absolute Gasteiger partial charge is 0.313 e. The van der Waals surface area contributed by atoms with Crippen molar-refractivity contribution in [1.29, 1.82) is 0 Å². The van der Waals surface area contributed by atoms with Crippen molar-refractivity contribution in [3.05, 3.63) is 47.1 Å². The van der Waals surface area contributed by atoms with Crippen molar-refractivity contribution in [3.63, 3.8) is 0 Å². The standard InChI is InChI=1S/C18H24O4/c1-12(6-5-7-14(3)19)8-9-16-13(2)10-15(20)11-18(16,4)17(21)22/h5-9,15,20H,10-11H2,1-4H3,(H,21,22)/b7-5+,9-8+,12-6+/t15?,18-/m0/s1. The summed E-state index contributed by atoms with van der Waals surface area (Å²) in [5, 5.41) is 19.4. The number of aliphatic hydroxyl groups is 1. The second kappa shape index (κ2) is 7.36. The Labute approximate surface area is 131 Å². The van der Waals surface area contributed by atoms with Gasteiger partial charge < -0.3 is 10.2 Å². The summed E-state index contributed by atoms with van der Waals surface area (Å²) in [5.74, 6) is -0.949. The second-order valence-corrected chi connectivity index (χ2v) is 6.11. The van der Waals surface area contributed by atoms with Gasteiger partial charge in [0, 0.05) is 0 Å². The van der Waals surface area contributed by atoms with Crippen LogP contribution in [0.4, 0.5) is 0 Å². The number of carboxylic acid groups (broad SMARTS) is 1. The van der Waals surface area contributed by atoms with Crippen LogP contribution in [0.15, 0.2) is 47.1 Å². The van der Waals surface area contributed by atoms with Crippen molar-refractivity contribution in [2.45, 2.75) is 46.6 Å². The van der Waals surface area contributed by atoms with E-state index in [1.807, 2.05) is 26.0 Å². The molecule has 0 aromatic heterocycles. The van der Waals surface area contributed by atoms with Gasteiger partial charge in [-0.2, -0.15) is 0 Å². The highest BCUT2D eigenvalue weighted by Gasteiger charge is 2.42. The lowest BCUT2D eigenvalue weighted by molar-refractivity contribution is -0.147. The lowest BCUT2D eigenvalue weighted by Crippen LogP contribution is -2.37. The van der Waals surface area contributed by atoms with Crippen LogP contribution in [-0.2, 0) is 9.59 Å². The molecule has 4 heteroatoms. The van der Waals surface area contributed by atoms with Crippen molar-refractivity contribution in [1.82, 2.24) is 0 Å². The zero-order chi connectivity index (χ0) is 16.9. The number of hydrogen-bond acceptors (Lipinski definition) is 3. The predicted molar refractivity (Wildman–Crippen MR) is 86.4 cm³/mol. The summed E-state index contributed by atoms with van der Waals surface area (Å²) in [4.78, 5) is 22.5. The first kappa shape index (κ1) is 18.1. The van der Waals surface area contributed by atoms with Crippen molar-refractivity contribution in [2.24, 2.45) is 5.41 Å². The van der Waals surface area contributed by atoms with Crippen LogP contribution in [0.3, 0.4) is 0 Å². The highest BCUT2D eigenvalue weighted by Crippen LogP contribution is 2.41. The molecular formula is C18H24O4. The fraction of sp³-hybridized carbons (Fsp3) is 0.444. The van der Waals surface area contributed by atoms with Crippen LogP contribution in [0, 0.1) is 5.41 Å². The summed E-state index contributed by atoms with van der Waals surface area (Å²) in [6.07, 6.45) is 8.68. The Balaban J connectivity index is 3.06. The van der Waals surface area contributed by atoms with Crippen LogP contribution in [0.25, 0.3) is 0 Å². The number of carbonyl (C=O) groups excluding carboxylic acids is 1. The summed E-state index contributed by atoms with van der Waals surface area (Å²) in [7, 11) is 0. The van der Waals surface area contributed by atoms with E-state index < -0.39 is 17.5 Å². The number of carboxylic acids is 1. The number of rotatable bonds is 5. The van der Waals surface area contributed by atoms with Gasteiger partial charge >= 0.3 is 5.97 Å². The Morgan fingerprint density at radius 2 is 1.91 bits per heavy atom. The predicted octanol–water partition coefficient (Wildman–Crippen LogP) is 3.20. The maximum atomic E-state index is 11.6. The van der Waals surface area contributed by atoms with Crippen molar-refractivity contribution in [2.75, 3.05) is 0 Å². The molecule has 0 radical (unpaired) electrons. The molecule has 0 aliphatic heterocycles. The highest BCUT2D eigenvalue weighted by atomic mass is 16.4. The number of carbonyl (C=O) groups is 2. The Bertz CT molecular complexity index is 578. The molecule has 0 bridgehead atoms. The van der Waals surface area contributed by atoms with E-state index in [0.717, 1.165) is 16.7 Å². The minimum Gasteiger partial charge on any atom is -0.481 e. The molecule has 4 nitrogen and oxygen atoms in total. The molecule has 0 amide bonds. The molecule has 1 unspecified atom stereocenters. The van der Waals surface area contributed by atoms with Gasteiger partial charge in [0.2, 0.25) is 0 Å². The molecule has 2 N–H and O–H groups in total. The molecule has 0 saturated carbocycles. The molecule has 22 heavy (non-hydrogen) atoms.